The fourth-order valence-corrected chi connectivity index (χ4v) is 2.93. The van der Waals surface area contributed by atoms with Gasteiger partial charge < -0.3 is 9.64 Å². The van der Waals surface area contributed by atoms with Crippen molar-refractivity contribution < 1.29 is 14.3 Å². The third kappa shape index (κ3) is 3.99. The molecular weight excluding hydrogens is 316 g/mol. The molecule has 1 aliphatic heterocycles. The summed E-state index contributed by atoms with van der Waals surface area (Å²) in [7, 11) is 0. The highest BCUT2D eigenvalue weighted by atomic mass is 16.6. The Labute approximate surface area is 147 Å². The molecule has 2 aromatic carbocycles. The second-order valence-corrected chi connectivity index (χ2v) is 6.42. The standard InChI is InChI=1S/C20H22N2O3/c1-14(2)19(23)22-12-6-7-15-10-11-16(13-18(15)22)21-20(24)25-17-8-4-3-5-9-17/h3-5,8-11,13-14H,6-7,12H2,1-2H3,(H,21,24). The van der Waals surface area contributed by atoms with Gasteiger partial charge in [0, 0.05) is 23.8 Å². The topological polar surface area (TPSA) is 58.6 Å². The maximum Gasteiger partial charge on any atom is 0.417 e. The van der Waals surface area contributed by atoms with E-state index in [-0.39, 0.29) is 11.8 Å². The summed E-state index contributed by atoms with van der Waals surface area (Å²) in [5.74, 6) is 0.519. The zero-order chi connectivity index (χ0) is 17.8. The SMILES string of the molecule is CC(C)C(=O)N1CCCc2ccc(NC(=O)Oc3ccccc3)cc21. The highest BCUT2D eigenvalue weighted by Gasteiger charge is 2.24. The summed E-state index contributed by atoms with van der Waals surface area (Å²) >= 11 is 0. The van der Waals surface area contributed by atoms with E-state index in [2.05, 4.69) is 5.32 Å². The van der Waals surface area contributed by atoms with Crippen LogP contribution in [-0.2, 0) is 11.2 Å². The highest BCUT2D eigenvalue weighted by Crippen LogP contribution is 2.31. The zero-order valence-electron chi connectivity index (χ0n) is 14.5. The number of aryl methyl sites for hydroxylation is 1. The first-order chi connectivity index (χ1) is 12.0. The Morgan fingerprint density at radius 3 is 2.60 bits per heavy atom. The van der Waals surface area contributed by atoms with Crippen molar-refractivity contribution in [3.8, 4) is 5.75 Å². The number of carbonyl (C=O) groups is 2. The van der Waals surface area contributed by atoms with Gasteiger partial charge in [0.25, 0.3) is 0 Å². The molecule has 0 spiro atoms. The quantitative estimate of drug-likeness (QED) is 0.911. The molecule has 0 aromatic heterocycles. The van der Waals surface area contributed by atoms with Crippen molar-refractivity contribution in [2.75, 3.05) is 16.8 Å². The van der Waals surface area contributed by atoms with Gasteiger partial charge in [-0.2, -0.15) is 0 Å². The molecule has 130 valence electrons. The highest BCUT2D eigenvalue weighted by molar-refractivity contribution is 5.97. The fourth-order valence-electron chi connectivity index (χ4n) is 2.93. The first-order valence-corrected chi connectivity index (χ1v) is 8.53. The van der Waals surface area contributed by atoms with Crippen molar-refractivity contribution >= 4 is 23.4 Å². The zero-order valence-corrected chi connectivity index (χ0v) is 14.5. The molecule has 0 saturated carbocycles. The van der Waals surface area contributed by atoms with Crippen molar-refractivity contribution in [1.29, 1.82) is 0 Å². The van der Waals surface area contributed by atoms with Crippen LogP contribution in [0.4, 0.5) is 16.2 Å². The summed E-state index contributed by atoms with van der Waals surface area (Å²) in [6.07, 6.45) is 1.34. The molecule has 0 atom stereocenters. The predicted octanol–water partition coefficient (Wildman–Crippen LogP) is 4.23. The summed E-state index contributed by atoms with van der Waals surface area (Å²) in [5.41, 5.74) is 2.62. The van der Waals surface area contributed by atoms with Crippen LogP contribution >= 0.6 is 0 Å². The number of ether oxygens (including phenoxy) is 1. The summed E-state index contributed by atoms with van der Waals surface area (Å²) in [4.78, 5) is 26.3. The summed E-state index contributed by atoms with van der Waals surface area (Å²) in [5, 5.41) is 2.73. The lowest BCUT2D eigenvalue weighted by atomic mass is 9.99. The number of nitrogens with one attached hydrogen (secondary N) is 1. The Kier molecular flexibility index (Phi) is 5.03. The van der Waals surface area contributed by atoms with Gasteiger partial charge >= 0.3 is 6.09 Å². The summed E-state index contributed by atoms with van der Waals surface area (Å²) in [6.45, 7) is 4.51. The van der Waals surface area contributed by atoms with E-state index in [9.17, 15) is 9.59 Å². The molecule has 1 N–H and O–H groups in total. The molecule has 5 heteroatoms. The third-order valence-electron chi connectivity index (χ3n) is 4.16. The number of rotatable bonds is 3. The Morgan fingerprint density at radius 2 is 1.88 bits per heavy atom. The maximum atomic E-state index is 12.4. The largest absolute Gasteiger partial charge is 0.417 e. The molecule has 1 aliphatic rings. The molecule has 0 unspecified atom stereocenters. The monoisotopic (exact) mass is 338 g/mol. The first-order valence-electron chi connectivity index (χ1n) is 8.53. The van der Waals surface area contributed by atoms with Gasteiger partial charge in [0.2, 0.25) is 5.91 Å². The van der Waals surface area contributed by atoms with Crippen LogP contribution < -0.4 is 15.0 Å². The smallest absolute Gasteiger partial charge is 0.410 e. The van der Waals surface area contributed by atoms with Crippen molar-refractivity contribution in [2.24, 2.45) is 5.92 Å². The number of benzene rings is 2. The number of carbonyl (C=O) groups excluding carboxylic acids is 2. The number of para-hydroxylation sites is 1. The number of hydrogen-bond acceptors (Lipinski definition) is 3. The first kappa shape index (κ1) is 17.0. The van der Waals surface area contributed by atoms with Crippen LogP contribution in [-0.4, -0.2) is 18.5 Å². The van der Waals surface area contributed by atoms with Crippen LogP contribution in [0.3, 0.4) is 0 Å². The normalized spacial score (nSPS) is 13.3. The molecule has 0 fully saturated rings. The molecule has 1 heterocycles. The van der Waals surface area contributed by atoms with Gasteiger partial charge in [-0.15, -0.1) is 0 Å². The molecule has 3 rings (SSSR count). The van der Waals surface area contributed by atoms with E-state index in [0.29, 0.717) is 18.0 Å². The van der Waals surface area contributed by atoms with E-state index in [1.807, 2.05) is 43.0 Å². The molecule has 25 heavy (non-hydrogen) atoms. The van der Waals surface area contributed by atoms with Crippen molar-refractivity contribution in [1.82, 2.24) is 0 Å². The predicted molar refractivity (Wildman–Crippen MR) is 98.0 cm³/mol. The second-order valence-electron chi connectivity index (χ2n) is 6.42. The van der Waals surface area contributed by atoms with Gasteiger partial charge in [-0.1, -0.05) is 38.1 Å². The average Bonchev–Trinajstić information content (AvgIpc) is 2.61. The van der Waals surface area contributed by atoms with E-state index >= 15 is 0 Å². The minimum absolute atomic E-state index is 0.0642. The molecule has 0 bridgehead atoms. The van der Waals surface area contributed by atoms with Crippen LogP contribution in [0.15, 0.2) is 48.5 Å². The molecular formula is C20H22N2O3. The lowest BCUT2D eigenvalue weighted by molar-refractivity contribution is -0.121. The van der Waals surface area contributed by atoms with Gasteiger partial charge in [0.05, 0.1) is 0 Å². The minimum Gasteiger partial charge on any atom is -0.410 e. The van der Waals surface area contributed by atoms with Crippen LogP contribution in [0.5, 0.6) is 5.75 Å². The molecule has 0 saturated heterocycles. The van der Waals surface area contributed by atoms with Gasteiger partial charge in [0.15, 0.2) is 0 Å². The molecule has 5 nitrogen and oxygen atoms in total. The summed E-state index contributed by atoms with van der Waals surface area (Å²) in [6, 6.07) is 14.6. The van der Waals surface area contributed by atoms with Crippen molar-refractivity contribution in [2.45, 2.75) is 26.7 Å². The number of amides is 2. The number of anilines is 2. The van der Waals surface area contributed by atoms with E-state index in [4.69, 9.17) is 4.74 Å². The molecule has 0 radical (unpaired) electrons. The lowest BCUT2D eigenvalue weighted by Crippen LogP contribution is -2.38. The Hall–Kier alpha value is -2.82. The molecule has 0 aliphatic carbocycles. The second kappa shape index (κ2) is 7.38. The fraction of sp³-hybridized carbons (Fsp3) is 0.300. The average molecular weight is 338 g/mol. The van der Waals surface area contributed by atoms with Crippen LogP contribution in [0, 0.1) is 5.92 Å². The van der Waals surface area contributed by atoms with E-state index in [0.717, 1.165) is 24.1 Å². The minimum atomic E-state index is -0.552. The Morgan fingerprint density at radius 1 is 1.12 bits per heavy atom. The molecule has 2 aromatic rings. The van der Waals surface area contributed by atoms with Crippen LogP contribution in [0.25, 0.3) is 0 Å². The van der Waals surface area contributed by atoms with Gasteiger partial charge in [-0.25, -0.2) is 4.79 Å². The van der Waals surface area contributed by atoms with Gasteiger partial charge in [-0.3, -0.25) is 10.1 Å². The maximum absolute atomic E-state index is 12.4. The van der Waals surface area contributed by atoms with Crippen molar-refractivity contribution in [3.05, 3.63) is 54.1 Å². The van der Waals surface area contributed by atoms with E-state index in [1.54, 1.807) is 24.3 Å². The van der Waals surface area contributed by atoms with Crippen LogP contribution in [0.1, 0.15) is 25.8 Å². The molecule has 2 amide bonds. The van der Waals surface area contributed by atoms with Gasteiger partial charge in [0.1, 0.15) is 5.75 Å². The number of hydrogen-bond donors (Lipinski definition) is 1. The lowest BCUT2D eigenvalue weighted by Gasteiger charge is -2.31. The van der Waals surface area contributed by atoms with Crippen molar-refractivity contribution in [3.63, 3.8) is 0 Å². The van der Waals surface area contributed by atoms with Crippen LogP contribution in [0.2, 0.25) is 0 Å². The van der Waals surface area contributed by atoms with E-state index in [1.165, 1.54) is 0 Å². The number of fused-ring (bicyclic) bond motifs is 1. The van der Waals surface area contributed by atoms with E-state index < -0.39 is 6.09 Å². The summed E-state index contributed by atoms with van der Waals surface area (Å²) < 4.78 is 5.24. The number of nitrogens with zero attached hydrogens (tertiary/aromatic N) is 1. The Balaban J connectivity index is 1.76. The Bertz CT molecular complexity index is 772. The van der Waals surface area contributed by atoms with Gasteiger partial charge in [-0.05, 0) is 42.7 Å². The third-order valence-corrected chi connectivity index (χ3v) is 4.16.